The fourth-order valence-corrected chi connectivity index (χ4v) is 3.33. The van der Waals surface area contributed by atoms with Crippen LogP contribution in [-0.4, -0.2) is 29.7 Å². The predicted molar refractivity (Wildman–Crippen MR) is 104 cm³/mol. The van der Waals surface area contributed by atoms with Gasteiger partial charge in [-0.15, -0.1) is 0 Å². The molecule has 3 aromatic rings. The van der Waals surface area contributed by atoms with Crippen LogP contribution in [0.15, 0.2) is 51.7 Å². The van der Waals surface area contributed by atoms with E-state index in [0.717, 1.165) is 16.9 Å². The maximum absolute atomic E-state index is 12.5. The number of ether oxygens (including phenoxy) is 1. The Morgan fingerprint density at radius 3 is 2.52 bits per heavy atom. The van der Waals surface area contributed by atoms with Crippen molar-refractivity contribution in [3.05, 3.63) is 80.7 Å². The number of fused-ring (bicyclic) bond motifs is 2. The summed E-state index contributed by atoms with van der Waals surface area (Å²) in [4.78, 5) is 49.4. The molecule has 29 heavy (non-hydrogen) atoms. The molecule has 2 amide bonds. The van der Waals surface area contributed by atoms with E-state index in [2.05, 4.69) is 0 Å². The maximum Gasteiger partial charge on any atom is 0.338 e. The van der Waals surface area contributed by atoms with Crippen LogP contribution in [0.25, 0.3) is 11.0 Å². The lowest BCUT2D eigenvalue weighted by Gasteiger charge is -2.08. The van der Waals surface area contributed by atoms with Gasteiger partial charge in [-0.3, -0.25) is 14.5 Å². The van der Waals surface area contributed by atoms with Crippen molar-refractivity contribution in [2.75, 3.05) is 7.05 Å². The summed E-state index contributed by atoms with van der Waals surface area (Å²) in [6.07, 6.45) is 0.799. The standard InChI is InChI=1S/C22H17NO6/c1-3-12-4-6-15-14(10-19(24)29-18(15)8-12)11-28-22(27)13-5-7-16-17(9-13)21(26)23(2)20(16)25/h4-10H,3,11H2,1-2H3. The number of esters is 1. The summed E-state index contributed by atoms with van der Waals surface area (Å²) < 4.78 is 10.6. The molecule has 0 saturated heterocycles. The minimum Gasteiger partial charge on any atom is -0.457 e. The van der Waals surface area contributed by atoms with E-state index < -0.39 is 23.4 Å². The molecular formula is C22H17NO6. The lowest BCUT2D eigenvalue weighted by molar-refractivity contribution is 0.0473. The van der Waals surface area contributed by atoms with Crippen molar-refractivity contribution in [3.8, 4) is 0 Å². The molecule has 4 rings (SSSR count). The molecule has 2 aromatic carbocycles. The summed E-state index contributed by atoms with van der Waals surface area (Å²) in [5, 5.41) is 0.686. The maximum atomic E-state index is 12.5. The summed E-state index contributed by atoms with van der Waals surface area (Å²) in [5.41, 5.74) is 2.05. The Morgan fingerprint density at radius 1 is 1.00 bits per heavy atom. The zero-order valence-corrected chi connectivity index (χ0v) is 15.9. The molecule has 7 nitrogen and oxygen atoms in total. The van der Waals surface area contributed by atoms with Gasteiger partial charge in [-0.05, 0) is 36.2 Å². The first-order valence-electron chi connectivity index (χ1n) is 9.08. The van der Waals surface area contributed by atoms with Gasteiger partial charge in [0.05, 0.1) is 16.7 Å². The number of rotatable bonds is 4. The number of benzene rings is 2. The SMILES string of the molecule is CCc1ccc2c(COC(=O)c3ccc4c(c3)C(=O)N(C)C4=O)cc(=O)oc2c1. The number of aryl methyl sites for hydroxylation is 1. The number of carbonyl (C=O) groups excluding carboxylic acids is 3. The first kappa shape index (κ1) is 18.6. The van der Waals surface area contributed by atoms with Gasteiger partial charge in [0.2, 0.25) is 0 Å². The molecule has 1 aromatic heterocycles. The molecule has 0 radical (unpaired) electrons. The van der Waals surface area contributed by atoms with Gasteiger partial charge in [0.15, 0.2) is 0 Å². The summed E-state index contributed by atoms with van der Waals surface area (Å²) in [6.45, 7) is 1.87. The minimum atomic E-state index is -0.658. The first-order chi connectivity index (χ1) is 13.9. The van der Waals surface area contributed by atoms with Crippen LogP contribution in [0.5, 0.6) is 0 Å². The van der Waals surface area contributed by atoms with Gasteiger partial charge in [-0.25, -0.2) is 9.59 Å². The topological polar surface area (TPSA) is 93.9 Å². The predicted octanol–water partition coefficient (Wildman–Crippen LogP) is 2.94. The van der Waals surface area contributed by atoms with Crippen LogP contribution >= 0.6 is 0 Å². The van der Waals surface area contributed by atoms with E-state index in [-0.39, 0.29) is 23.3 Å². The second-order valence-electron chi connectivity index (χ2n) is 6.78. The van der Waals surface area contributed by atoms with Gasteiger partial charge in [-0.1, -0.05) is 19.1 Å². The van der Waals surface area contributed by atoms with E-state index in [1.807, 2.05) is 19.1 Å². The van der Waals surface area contributed by atoms with Crippen molar-refractivity contribution in [3.63, 3.8) is 0 Å². The first-order valence-corrected chi connectivity index (χ1v) is 9.08. The fourth-order valence-electron chi connectivity index (χ4n) is 3.33. The van der Waals surface area contributed by atoms with E-state index in [1.165, 1.54) is 31.3 Å². The highest BCUT2D eigenvalue weighted by molar-refractivity contribution is 6.21. The normalized spacial score (nSPS) is 13.1. The molecule has 0 unspecified atom stereocenters. The molecule has 146 valence electrons. The Labute approximate surface area is 165 Å². The molecule has 0 bridgehead atoms. The van der Waals surface area contributed by atoms with Gasteiger partial charge in [-0.2, -0.15) is 0 Å². The fraction of sp³-hybridized carbons (Fsp3) is 0.182. The number of carbonyl (C=O) groups is 3. The van der Waals surface area contributed by atoms with Gasteiger partial charge >= 0.3 is 11.6 Å². The molecule has 1 aliphatic heterocycles. The van der Waals surface area contributed by atoms with E-state index in [4.69, 9.17) is 9.15 Å². The van der Waals surface area contributed by atoms with Crippen LogP contribution in [0.4, 0.5) is 0 Å². The Morgan fingerprint density at radius 2 is 1.76 bits per heavy atom. The second-order valence-corrected chi connectivity index (χ2v) is 6.78. The second kappa shape index (κ2) is 7.01. The zero-order chi connectivity index (χ0) is 20.7. The molecule has 0 fully saturated rings. The molecule has 1 aliphatic rings. The Balaban J connectivity index is 1.59. The van der Waals surface area contributed by atoms with E-state index in [9.17, 15) is 19.2 Å². The average molecular weight is 391 g/mol. The van der Waals surface area contributed by atoms with Gasteiger partial charge in [0.25, 0.3) is 11.8 Å². The van der Waals surface area contributed by atoms with Gasteiger partial charge < -0.3 is 9.15 Å². The van der Waals surface area contributed by atoms with Crippen molar-refractivity contribution >= 4 is 28.8 Å². The zero-order valence-electron chi connectivity index (χ0n) is 15.9. The third-order valence-corrected chi connectivity index (χ3v) is 4.99. The summed E-state index contributed by atoms with van der Waals surface area (Å²) in [5.74, 6) is -1.52. The highest BCUT2D eigenvalue weighted by Gasteiger charge is 2.33. The summed E-state index contributed by atoms with van der Waals surface area (Å²) >= 11 is 0. The largest absolute Gasteiger partial charge is 0.457 e. The third kappa shape index (κ3) is 3.20. The molecule has 7 heteroatoms. The van der Waals surface area contributed by atoms with E-state index in [1.54, 1.807) is 6.07 Å². The quantitative estimate of drug-likeness (QED) is 0.386. The number of nitrogens with zero attached hydrogens (tertiary/aromatic N) is 1. The molecular weight excluding hydrogens is 374 g/mol. The molecule has 0 aliphatic carbocycles. The van der Waals surface area contributed by atoms with Crippen LogP contribution in [0.1, 0.15) is 49.1 Å². The lowest BCUT2D eigenvalue weighted by Crippen LogP contribution is -2.24. The molecule has 0 atom stereocenters. The summed E-state index contributed by atoms with van der Waals surface area (Å²) in [6, 6.07) is 11.1. The Kier molecular flexibility index (Phi) is 4.50. The van der Waals surface area contributed by atoms with Crippen LogP contribution in [0.3, 0.4) is 0 Å². The van der Waals surface area contributed by atoms with E-state index >= 15 is 0 Å². The van der Waals surface area contributed by atoms with Gasteiger partial charge in [0.1, 0.15) is 12.2 Å². The minimum absolute atomic E-state index is 0.129. The third-order valence-electron chi connectivity index (χ3n) is 4.99. The van der Waals surface area contributed by atoms with E-state index in [0.29, 0.717) is 16.5 Å². The number of hydrogen-bond donors (Lipinski definition) is 0. The van der Waals surface area contributed by atoms with Crippen molar-refractivity contribution in [1.82, 2.24) is 4.90 Å². The monoisotopic (exact) mass is 391 g/mol. The molecule has 0 saturated carbocycles. The smallest absolute Gasteiger partial charge is 0.338 e. The van der Waals surface area contributed by atoms with Crippen LogP contribution in [-0.2, 0) is 17.8 Å². The molecule has 0 N–H and O–H groups in total. The van der Waals surface area contributed by atoms with Crippen LogP contribution < -0.4 is 5.63 Å². The summed E-state index contributed by atoms with van der Waals surface area (Å²) in [7, 11) is 1.39. The highest BCUT2D eigenvalue weighted by atomic mass is 16.5. The Hall–Kier alpha value is -3.74. The average Bonchev–Trinajstić information content (AvgIpc) is 2.94. The number of imide groups is 1. The van der Waals surface area contributed by atoms with Crippen molar-refractivity contribution in [1.29, 1.82) is 0 Å². The van der Waals surface area contributed by atoms with Crippen LogP contribution in [0.2, 0.25) is 0 Å². The lowest BCUT2D eigenvalue weighted by atomic mass is 10.1. The molecule has 2 heterocycles. The molecule has 0 spiro atoms. The van der Waals surface area contributed by atoms with Crippen LogP contribution in [0, 0.1) is 0 Å². The van der Waals surface area contributed by atoms with Crippen molar-refractivity contribution < 1.29 is 23.5 Å². The van der Waals surface area contributed by atoms with Crippen molar-refractivity contribution in [2.45, 2.75) is 20.0 Å². The highest BCUT2D eigenvalue weighted by Crippen LogP contribution is 2.24. The number of amides is 2. The van der Waals surface area contributed by atoms with Gasteiger partial charge in [0, 0.05) is 24.1 Å². The number of hydrogen-bond acceptors (Lipinski definition) is 6. The van der Waals surface area contributed by atoms with Crippen molar-refractivity contribution in [2.24, 2.45) is 0 Å². The Bertz CT molecular complexity index is 1240.